The topological polar surface area (TPSA) is 29.1 Å². The predicted molar refractivity (Wildman–Crippen MR) is 65.4 cm³/mol. The van der Waals surface area contributed by atoms with Crippen LogP contribution in [0.1, 0.15) is 18.9 Å². The summed E-state index contributed by atoms with van der Waals surface area (Å²) in [6.07, 6.45) is 0.457. The number of carbonyl (C=O) groups is 1. The number of carbonyl (C=O) groups excluding carboxylic acids is 1. The fourth-order valence-corrected chi connectivity index (χ4v) is 2.33. The monoisotopic (exact) mass is 275 g/mol. The third-order valence-corrected chi connectivity index (χ3v) is 4.23. The average Bonchev–Trinajstić information content (AvgIpc) is 2.78. The van der Waals surface area contributed by atoms with Crippen LogP contribution in [0.25, 0.3) is 0 Å². The van der Waals surface area contributed by atoms with Gasteiger partial charge in [-0.3, -0.25) is 4.79 Å². The first-order valence-electron chi connectivity index (χ1n) is 5.26. The first-order chi connectivity index (χ1) is 7.85. The highest BCUT2D eigenvalue weighted by molar-refractivity contribution is 6.53. The summed E-state index contributed by atoms with van der Waals surface area (Å²) in [6.45, 7) is 2.07. The van der Waals surface area contributed by atoms with Crippen LogP contribution in [-0.4, -0.2) is 10.2 Å². The molecule has 0 saturated heterocycles. The third kappa shape index (κ3) is 2.40. The van der Waals surface area contributed by atoms with E-state index in [-0.39, 0.29) is 11.7 Å². The lowest BCUT2D eigenvalue weighted by molar-refractivity contribution is -0.125. The zero-order valence-corrected chi connectivity index (χ0v) is 10.8. The summed E-state index contributed by atoms with van der Waals surface area (Å²) in [5.41, 5.74) is 0.120. The van der Waals surface area contributed by atoms with Crippen LogP contribution in [0.5, 0.6) is 0 Å². The van der Waals surface area contributed by atoms with Crippen LogP contribution in [0, 0.1) is 11.2 Å². The number of alkyl halides is 2. The lowest BCUT2D eigenvalue weighted by Gasteiger charge is -2.12. The van der Waals surface area contributed by atoms with Crippen molar-refractivity contribution in [3.63, 3.8) is 0 Å². The summed E-state index contributed by atoms with van der Waals surface area (Å²) in [5.74, 6) is -0.471. The Morgan fingerprint density at radius 3 is 2.41 bits per heavy atom. The molecule has 0 spiro atoms. The highest BCUT2D eigenvalue weighted by Gasteiger charge is 2.67. The maximum absolute atomic E-state index is 12.7. The van der Waals surface area contributed by atoms with Gasteiger partial charge < -0.3 is 5.32 Å². The third-order valence-electron chi connectivity index (χ3n) is 3.13. The van der Waals surface area contributed by atoms with Gasteiger partial charge in [-0.2, -0.15) is 0 Å². The Balaban J connectivity index is 1.91. The molecule has 1 aliphatic carbocycles. The van der Waals surface area contributed by atoms with Gasteiger partial charge in [0.2, 0.25) is 5.91 Å². The standard InChI is InChI=1S/C12H12Cl2FNO/c1-11(7-12(11,13)14)10(17)16-6-8-2-4-9(15)5-3-8/h2-5H,6-7H2,1H3,(H,16,17). The highest BCUT2D eigenvalue weighted by atomic mass is 35.5. The predicted octanol–water partition coefficient (Wildman–Crippen LogP) is 3.03. The maximum atomic E-state index is 12.7. The Bertz CT molecular complexity index is 446. The minimum absolute atomic E-state index is 0.174. The average molecular weight is 276 g/mol. The Morgan fingerprint density at radius 2 is 1.94 bits per heavy atom. The maximum Gasteiger partial charge on any atom is 0.229 e. The SMILES string of the molecule is CC1(C(=O)NCc2ccc(F)cc2)CC1(Cl)Cl. The van der Waals surface area contributed by atoms with E-state index in [9.17, 15) is 9.18 Å². The molecule has 1 aromatic rings. The van der Waals surface area contributed by atoms with Crippen molar-refractivity contribution in [3.8, 4) is 0 Å². The molecule has 0 heterocycles. The minimum atomic E-state index is -0.958. The molecule has 92 valence electrons. The lowest BCUT2D eigenvalue weighted by Crippen LogP contribution is -2.32. The highest BCUT2D eigenvalue weighted by Crippen LogP contribution is 2.63. The van der Waals surface area contributed by atoms with Crippen LogP contribution >= 0.6 is 23.2 Å². The van der Waals surface area contributed by atoms with Gasteiger partial charge in [0.1, 0.15) is 10.2 Å². The summed E-state index contributed by atoms with van der Waals surface area (Å²) in [6, 6.07) is 5.96. The number of amides is 1. The molecule has 1 saturated carbocycles. The van der Waals surface area contributed by atoms with Crippen LogP contribution in [0.3, 0.4) is 0 Å². The second-order valence-corrected chi connectivity index (χ2v) is 6.01. The van der Waals surface area contributed by atoms with Crippen molar-refractivity contribution in [1.82, 2.24) is 5.32 Å². The number of nitrogens with one attached hydrogen (secondary N) is 1. The molecular formula is C12H12Cl2FNO. The number of halogens is 3. The van der Waals surface area contributed by atoms with Gasteiger partial charge in [0, 0.05) is 6.54 Å². The van der Waals surface area contributed by atoms with E-state index in [1.54, 1.807) is 19.1 Å². The molecule has 0 bridgehead atoms. The van der Waals surface area contributed by atoms with Crippen molar-refractivity contribution in [3.05, 3.63) is 35.6 Å². The van der Waals surface area contributed by atoms with Gasteiger partial charge in [-0.05, 0) is 31.0 Å². The molecule has 1 atom stereocenters. The van der Waals surface area contributed by atoms with E-state index in [2.05, 4.69) is 5.32 Å². The first kappa shape index (κ1) is 12.7. The molecule has 1 aromatic carbocycles. The van der Waals surface area contributed by atoms with E-state index in [1.165, 1.54) is 12.1 Å². The van der Waals surface area contributed by atoms with E-state index < -0.39 is 9.75 Å². The van der Waals surface area contributed by atoms with Crippen LogP contribution < -0.4 is 5.32 Å². The Hall–Kier alpha value is -0.800. The second kappa shape index (κ2) is 4.14. The van der Waals surface area contributed by atoms with Crippen molar-refractivity contribution in [2.24, 2.45) is 5.41 Å². The van der Waals surface area contributed by atoms with Gasteiger partial charge in [0.15, 0.2) is 0 Å². The van der Waals surface area contributed by atoms with E-state index in [1.807, 2.05) is 0 Å². The van der Waals surface area contributed by atoms with Crippen molar-refractivity contribution in [2.75, 3.05) is 0 Å². The molecule has 0 aliphatic heterocycles. The smallest absolute Gasteiger partial charge is 0.229 e. The second-order valence-electron chi connectivity index (χ2n) is 4.52. The van der Waals surface area contributed by atoms with E-state index in [4.69, 9.17) is 23.2 Å². The Labute approximate surface area is 109 Å². The molecule has 1 aliphatic rings. The van der Waals surface area contributed by atoms with Crippen molar-refractivity contribution >= 4 is 29.1 Å². The van der Waals surface area contributed by atoms with Crippen molar-refractivity contribution in [2.45, 2.75) is 24.2 Å². The Kier molecular flexibility index (Phi) is 3.08. The van der Waals surface area contributed by atoms with Gasteiger partial charge >= 0.3 is 0 Å². The van der Waals surface area contributed by atoms with Crippen LogP contribution in [0.2, 0.25) is 0 Å². The molecule has 0 radical (unpaired) electrons. The zero-order chi connectivity index (χ0) is 12.7. The molecule has 5 heteroatoms. The molecule has 17 heavy (non-hydrogen) atoms. The van der Waals surface area contributed by atoms with Gasteiger partial charge in [-0.1, -0.05) is 12.1 Å². The fraction of sp³-hybridized carbons (Fsp3) is 0.417. The van der Waals surface area contributed by atoms with Gasteiger partial charge in [-0.25, -0.2) is 4.39 Å². The van der Waals surface area contributed by atoms with Crippen LogP contribution in [0.15, 0.2) is 24.3 Å². The number of benzene rings is 1. The Morgan fingerprint density at radius 1 is 1.41 bits per heavy atom. The van der Waals surface area contributed by atoms with Crippen molar-refractivity contribution in [1.29, 1.82) is 0 Å². The molecule has 1 fully saturated rings. The van der Waals surface area contributed by atoms with Gasteiger partial charge in [-0.15, -0.1) is 23.2 Å². The summed E-state index contributed by atoms with van der Waals surface area (Å²) < 4.78 is 11.7. The largest absolute Gasteiger partial charge is 0.351 e. The molecule has 1 N–H and O–H groups in total. The first-order valence-corrected chi connectivity index (χ1v) is 6.01. The summed E-state index contributed by atoms with van der Waals surface area (Å²) in [4.78, 5) is 11.8. The van der Waals surface area contributed by atoms with Crippen LogP contribution in [0.4, 0.5) is 4.39 Å². The van der Waals surface area contributed by atoms with E-state index >= 15 is 0 Å². The summed E-state index contributed by atoms with van der Waals surface area (Å²) >= 11 is 11.8. The van der Waals surface area contributed by atoms with E-state index in [0.717, 1.165) is 5.56 Å². The molecule has 2 rings (SSSR count). The van der Waals surface area contributed by atoms with Gasteiger partial charge in [0.05, 0.1) is 5.41 Å². The molecule has 2 nitrogen and oxygen atoms in total. The number of rotatable bonds is 3. The summed E-state index contributed by atoms with van der Waals surface area (Å²) in [7, 11) is 0. The fourth-order valence-electron chi connectivity index (χ4n) is 1.63. The van der Waals surface area contributed by atoms with Crippen molar-refractivity contribution < 1.29 is 9.18 Å². The zero-order valence-electron chi connectivity index (χ0n) is 9.27. The summed E-state index contributed by atoms with van der Waals surface area (Å²) in [5, 5.41) is 2.75. The normalized spacial score (nSPS) is 25.4. The minimum Gasteiger partial charge on any atom is -0.351 e. The number of hydrogen-bond donors (Lipinski definition) is 1. The number of hydrogen-bond acceptors (Lipinski definition) is 1. The molecular weight excluding hydrogens is 264 g/mol. The lowest BCUT2D eigenvalue weighted by atomic mass is 10.1. The quantitative estimate of drug-likeness (QED) is 0.845. The van der Waals surface area contributed by atoms with Crippen LogP contribution in [-0.2, 0) is 11.3 Å². The van der Waals surface area contributed by atoms with Gasteiger partial charge in [0.25, 0.3) is 0 Å². The molecule has 0 aromatic heterocycles. The molecule has 1 amide bonds. The molecule has 1 unspecified atom stereocenters. The van der Waals surface area contributed by atoms with E-state index in [0.29, 0.717) is 13.0 Å².